The van der Waals surface area contributed by atoms with Crippen LogP contribution in [-0.4, -0.2) is 9.55 Å². The molecule has 2 heterocycles. The zero-order chi connectivity index (χ0) is 27.6. The van der Waals surface area contributed by atoms with Gasteiger partial charge in [-0.15, -0.1) is 0 Å². The minimum atomic E-state index is 0.824. The Hall–Kier alpha value is -5.67. The van der Waals surface area contributed by atoms with E-state index in [0.29, 0.717) is 0 Å². The van der Waals surface area contributed by atoms with Gasteiger partial charge < -0.3 is 4.74 Å². The summed E-state index contributed by atoms with van der Waals surface area (Å²) in [5.74, 6) is 2.56. The van der Waals surface area contributed by atoms with E-state index in [-0.39, 0.29) is 0 Å². The zero-order valence-electron chi connectivity index (χ0n) is 22.7. The number of hydrogen-bond donors (Lipinski definition) is 0. The summed E-state index contributed by atoms with van der Waals surface area (Å²) in [7, 11) is 0. The van der Waals surface area contributed by atoms with Crippen molar-refractivity contribution in [1.82, 2.24) is 9.55 Å². The molecule has 0 fully saturated rings. The molecule has 0 atom stereocenters. The monoisotopic (exact) mass is 536 g/mol. The van der Waals surface area contributed by atoms with Crippen LogP contribution in [0.15, 0.2) is 146 Å². The lowest BCUT2D eigenvalue weighted by Gasteiger charge is -2.21. The van der Waals surface area contributed by atoms with E-state index < -0.39 is 0 Å². The number of rotatable bonds is 3. The lowest BCUT2D eigenvalue weighted by Crippen LogP contribution is -2.05. The van der Waals surface area contributed by atoms with Gasteiger partial charge in [0.05, 0.1) is 11.2 Å². The van der Waals surface area contributed by atoms with Crippen LogP contribution in [0.5, 0.6) is 11.5 Å². The fraction of sp³-hybridized carbons (Fsp3) is 0. The maximum atomic E-state index is 6.31. The fourth-order valence-corrected chi connectivity index (χ4v) is 6.28. The molecule has 42 heavy (non-hydrogen) atoms. The highest BCUT2D eigenvalue weighted by Gasteiger charge is 2.25. The van der Waals surface area contributed by atoms with E-state index in [1.165, 1.54) is 32.7 Å². The topological polar surface area (TPSA) is 27.1 Å². The first-order valence-corrected chi connectivity index (χ1v) is 14.2. The van der Waals surface area contributed by atoms with Gasteiger partial charge in [0.1, 0.15) is 11.3 Å². The van der Waals surface area contributed by atoms with Crippen molar-refractivity contribution in [2.24, 2.45) is 0 Å². The Morgan fingerprint density at radius 1 is 0.429 bits per heavy atom. The maximum Gasteiger partial charge on any atom is 0.153 e. The Bertz CT molecular complexity index is 2250. The largest absolute Gasteiger partial charge is 0.453 e. The molecule has 1 aliphatic rings. The summed E-state index contributed by atoms with van der Waals surface area (Å²) in [4.78, 5) is 5.21. The average molecular weight is 537 g/mol. The van der Waals surface area contributed by atoms with E-state index in [2.05, 4.69) is 126 Å². The Balaban J connectivity index is 1.33. The van der Waals surface area contributed by atoms with Crippen LogP contribution in [0.1, 0.15) is 0 Å². The standard InChI is InChI=1S/C39H24N2O/c1-3-10-27-20-29(18-16-25(27)8-1)31-22-32(30-19-17-26-9-2-4-11-28(26)21-30)24-33(23-31)39-40-34-12-7-15-37-38(34)41(39)35-13-5-6-14-36(35)42-37/h1-24H. The predicted molar refractivity (Wildman–Crippen MR) is 172 cm³/mol. The van der Waals surface area contributed by atoms with E-state index in [4.69, 9.17) is 9.72 Å². The molecule has 3 nitrogen and oxygen atoms in total. The first-order chi connectivity index (χ1) is 20.8. The Labute approximate surface area is 242 Å². The van der Waals surface area contributed by atoms with Crippen molar-refractivity contribution in [3.63, 3.8) is 0 Å². The summed E-state index contributed by atoms with van der Waals surface area (Å²) in [6.45, 7) is 0. The van der Waals surface area contributed by atoms with E-state index in [1.807, 2.05) is 24.3 Å². The van der Waals surface area contributed by atoms with Gasteiger partial charge in [-0.05, 0) is 98.4 Å². The van der Waals surface area contributed by atoms with Crippen LogP contribution in [0.3, 0.4) is 0 Å². The molecule has 0 amide bonds. The normalized spacial score (nSPS) is 12.0. The summed E-state index contributed by atoms with van der Waals surface area (Å²) >= 11 is 0. The van der Waals surface area contributed by atoms with Crippen LogP contribution < -0.4 is 4.74 Å². The molecule has 8 aromatic rings. The number of fused-ring (bicyclic) bond motifs is 4. The highest BCUT2D eigenvalue weighted by molar-refractivity contribution is 5.94. The molecule has 0 saturated heterocycles. The van der Waals surface area contributed by atoms with Crippen LogP contribution >= 0.6 is 0 Å². The molecule has 1 aliphatic heterocycles. The average Bonchev–Trinajstić information content (AvgIpc) is 3.45. The lowest BCUT2D eigenvalue weighted by molar-refractivity contribution is 0.476. The van der Waals surface area contributed by atoms with Crippen LogP contribution in [0.2, 0.25) is 0 Å². The SMILES string of the molecule is c1ccc2c(c1)Oc1cccc3nc(-c4cc(-c5ccc6ccccc6c5)cc(-c5ccc6ccccc6c5)c4)n-2c13. The van der Waals surface area contributed by atoms with Gasteiger partial charge in [-0.25, -0.2) is 4.98 Å². The van der Waals surface area contributed by atoms with Crippen molar-refractivity contribution < 1.29 is 4.74 Å². The number of nitrogens with zero attached hydrogens (tertiary/aromatic N) is 2. The molecule has 0 radical (unpaired) electrons. The summed E-state index contributed by atoms with van der Waals surface area (Å²) in [5.41, 5.74) is 8.63. The molecule has 0 unspecified atom stereocenters. The smallest absolute Gasteiger partial charge is 0.153 e. The molecular weight excluding hydrogens is 512 g/mol. The lowest BCUT2D eigenvalue weighted by atomic mass is 9.93. The highest BCUT2D eigenvalue weighted by Crippen LogP contribution is 2.44. The van der Waals surface area contributed by atoms with Crippen LogP contribution in [-0.2, 0) is 0 Å². The number of imidazole rings is 1. The molecule has 3 heteroatoms. The van der Waals surface area contributed by atoms with Crippen LogP contribution in [0, 0.1) is 0 Å². The van der Waals surface area contributed by atoms with Gasteiger partial charge in [0, 0.05) is 5.56 Å². The maximum absolute atomic E-state index is 6.31. The molecule has 196 valence electrons. The number of aromatic nitrogens is 2. The molecule has 0 spiro atoms. The Morgan fingerprint density at radius 3 is 1.69 bits per heavy atom. The van der Waals surface area contributed by atoms with E-state index in [1.54, 1.807) is 0 Å². The van der Waals surface area contributed by atoms with E-state index in [0.717, 1.165) is 50.7 Å². The minimum Gasteiger partial charge on any atom is -0.453 e. The second kappa shape index (κ2) is 8.92. The molecule has 0 aliphatic carbocycles. The fourth-order valence-electron chi connectivity index (χ4n) is 6.28. The van der Waals surface area contributed by atoms with Gasteiger partial charge >= 0.3 is 0 Å². The third kappa shape index (κ3) is 3.57. The van der Waals surface area contributed by atoms with E-state index >= 15 is 0 Å². The van der Waals surface area contributed by atoms with Gasteiger partial charge in [0.25, 0.3) is 0 Å². The van der Waals surface area contributed by atoms with Crippen molar-refractivity contribution in [1.29, 1.82) is 0 Å². The van der Waals surface area contributed by atoms with Gasteiger partial charge in [-0.1, -0.05) is 91.0 Å². The summed E-state index contributed by atoms with van der Waals surface area (Å²) in [5, 5.41) is 4.93. The number of para-hydroxylation sites is 3. The number of ether oxygens (including phenoxy) is 1. The second-order valence-electron chi connectivity index (χ2n) is 10.9. The minimum absolute atomic E-state index is 0.824. The number of hydrogen-bond acceptors (Lipinski definition) is 2. The Kier molecular flexibility index (Phi) is 4.90. The molecular formula is C39H24N2O. The molecule has 0 N–H and O–H groups in total. The van der Waals surface area contributed by atoms with Gasteiger partial charge in [-0.3, -0.25) is 4.57 Å². The van der Waals surface area contributed by atoms with Crippen molar-refractivity contribution in [3.05, 3.63) is 146 Å². The van der Waals surface area contributed by atoms with Crippen molar-refractivity contribution in [2.75, 3.05) is 0 Å². The second-order valence-corrected chi connectivity index (χ2v) is 10.9. The summed E-state index contributed by atoms with van der Waals surface area (Å²) in [6, 6.07) is 51.6. The van der Waals surface area contributed by atoms with Crippen molar-refractivity contribution in [3.8, 4) is 50.8 Å². The van der Waals surface area contributed by atoms with Gasteiger partial charge in [-0.2, -0.15) is 0 Å². The molecule has 0 bridgehead atoms. The first kappa shape index (κ1) is 23.1. The highest BCUT2D eigenvalue weighted by atomic mass is 16.5. The molecule has 1 aromatic heterocycles. The predicted octanol–water partition coefficient (Wildman–Crippen LogP) is 10.4. The molecule has 0 saturated carbocycles. The van der Waals surface area contributed by atoms with Gasteiger partial charge in [0.2, 0.25) is 0 Å². The third-order valence-corrected chi connectivity index (χ3v) is 8.32. The summed E-state index contributed by atoms with van der Waals surface area (Å²) < 4.78 is 8.56. The quantitative estimate of drug-likeness (QED) is 0.225. The van der Waals surface area contributed by atoms with Crippen LogP contribution in [0.25, 0.3) is 71.9 Å². The molecule has 9 rings (SSSR count). The van der Waals surface area contributed by atoms with Crippen molar-refractivity contribution >= 4 is 32.6 Å². The van der Waals surface area contributed by atoms with E-state index in [9.17, 15) is 0 Å². The first-order valence-electron chi connectivity index (χ1n) is 14.2. The third-order valence-electron chi connectivity index (χ3n) is 8.32. The van der Waals surface area contributed by atoms with Gasteiger partial charge in [0.15, 0.2) is 11.5 Å². The summed E-state index contributed by atoms with van der Waals surface area (Å²) in [6.07, 6.45) is 0. The number of benzene rings is 7. The zero-order valence-corrected chi connectivity index (χ0v) is 22.7. The Morgan fingerprint density at radius 2 is 1.00 bits per heavy atom. The molecule has 7 aromatic carbocycles. The van der Waals surface area contributed by atoms with Crippen molar-refractivity contribution in [2.45, 2.75) is 0 Å². The van der Waals surface area contributed by atoms with Crippen LogP contribution in [0.4, 0.5) is 0 Å².